The van der Waals surface area contributed by atoms with Crippen molar-refractivity contribution in [1.82, 2.24) is 5.32 Å². The SMILES string of the molecule is O=S(=O)(O)c1ccc(NC(=S)NCCC(=S)Cc2ccccc2)cc1. The molecule has 0 saturated heterocycles. The molecule has 0 atom stereocenters. The van der Waals surface area contributed by atoms with E-state index >= 15 is 0 Å². The molecule has 0 saturated carbocycles. The summed E-state index contributed by atoms with van der Waals surface area (Å²) in [6.07, 6.45) is 1.48. The quantitative estimate of drug-likeness (QED) is 0.491. The van der Waals surface area contributed by atoms with Crippen molar-refractivity contribution in [3.05, 3.63) is 60.2 Å². The molecule has 2 aromatic rings. The van der Waals surface area contributed by atoms with Crippen LogP contribution in [0.2, 0.25) is 0 Å². The normalized spacial score (nSPS) is 10.9. The summed E-state index contributed by atoms with van der Waals surface area (Å²) < 4.78 is 30.9. The summed E-state index contributed by atoms with van der Waals surface area (Å²) >= 11 is 10.6. The Hall–Kier alpha value is -1.87. The highest BCUT2D eigenvalue weighted by Crippen LogP contribution is 2.13. The molecule has 5 nitrogen and oxygen atoms in total. The lowest BCUT2D eigenvalue weighted by atomic mass is 10.1. The first-order chi connectivity index (χ1) is 11.8. The van der Waals surface area contributed by atoms with E-state index in [4.69, 9.17) is 29.0 Å². The monoisotopic (exact) mass is 394 g/mol. The first kappa shape index (κ1) is 19.5. The molecule has 0 aliphatic carbocycles. The van der Waals surface area contributed by atoms with E-state index in [1.807, 2.05) is 30.3 Å². The molecule has 2 rings (SSSR count). The topological polar surface area (TPSA) is 78.4 Å². The molecule has 0 spiro atoms. The number of nitrogens with one attached hydrogen (secondary N) is 2. The van der Waals surface area contributed by atoms with Crippen LogP contribution in [-0.2, 0) is 16.5 Å². The van der Waals surface area contributed by atoms with Crippen LogP contribution in [0.4, 0.5) is 5.69 Å². The Morgan fingerprint density at radius 3 is 2.24 bits per heavy atom. The van der Waals surface area contributed by atoms with Crippen molar-refractivity contribution in [2.24, 2.45) is 0 Å². The highest BCUT2D eigenvalue weighted by atomic mass is 32.2. The second-order valence-corrected chi connectivity index (χ2v) is 7.74. The zero-order valence-corrected chi connectivity index (χ0v) is 15.8. The average Bonchev–Trinajstić information content (AvgIpc) is 2.55. The summed E-state index contributed by atoms with van der Waals surface area (Å²) in [6.45, 7) is 0.612. The van der Waals surface area contributed by atoms with E-state index in [0.717, 1.165) is 11.3 Å². The molecule has 0 amide bonds. The lowest BCUT2D eigenvalue weighted by Gasteiger charge is -2.11. The zero-order valence-electron chi connectivity index (χ0n) is 13.3. The standard InChI is InChI=1S/C17H18N2O3S3/c20-25(21,22)16-8-6-14(7-9-16)19-17(24)18-11-10-15(23)12-13-4-2-1-3-5-13/h1-9H,10-12H2,(H2,18,19,24)(H,20,21,22). The Bertz CT molecular complexity index is 835. The van der Waals surface area contributed by atoms with Gasteiger partial charge in [0.1, 0.15) is 0 Å². The first-order valence-electron chi connectivity index (χ1n) is 7.52. The highest BCUT2D eigenvalue weighted by Gasteiger charge is 2.08. The molecule has 0 fully saturated rings. The van der Waals surface area contributed by atoms with Crippen LogP contribution in [-0.4, -0.2) is 29.5 Å². The third-order valence-corrected chi connectivity index (χ3v) is 4.81. The fourth-order valence-corrected chi connectivity index (χ4v) is 3.08. The molecule has 132 valence electrons. The molecule has 25 heavy (non-hydrogen) atoms. The predicted octanol–water partition coefficient (Wildman–Crippen LogP) is 3.22. The third kappa shape index (κ3) is 6.87. The largest absolute Gasteiger partial charge is 0.362 e. The minimum Gasteiger partial charge on any atom is -0.362 e. The van der Waals surface area contributed by atoms with E-state index in [2.05, 4.69) is 10.6 Å². The lowest BCUT2D eigenvalue weighted by Crippen LogP contribution is -2.30. The van der Waals surface area contributed by atoms with Gasteiger partial charge >= 0.3 is 0 Å². The second-order valence-electron chi connectivity index (χ2n) is 5.33. The summed E-state index contributed by atoms with van der Waals surface area (Å²) in [5.74, 6) is 0. The lowest BCUT2D eigenvalue weighted by molar-refractivity contribution is 0.483. The second kappa shape index (κ2) is 9.00. The molecule has 8 heteroatoms. The van der Waals surface area contributed by atoms with Gasteiger partial charge in [-0.2, -0.15) is 8.42 Å². The zero-order chi connectivity index (χ0) is 18.3. The minimum absolute atomic E-state index is 0.164. The molecule has 2 aromatic carbocycles. The van der Waals surface area contributed by atoms with E-state index in [0.29, 0.717) is 23.8 Å². The van der Waals surface area contributed by atoms with Crippen molar-refractivity contribution in [1.29, 1.82) is 0 Å². The number of rotatable bonds is 7. The van der Waals surface area contributed by atoms with Crippen molar-refractivity contribution in [3.8, 4) is 0 Å². The van der Waals surface area contributed by atoms with Gasteiger partial charge in [0.15, 0.2) is 5.11 Å². The number of benzene rings is 2. The van der Waals surface area contributed by atoms with Crippen molar-refractivity contribution >= 4 is 50.2 Å². The van der Waals surface area contributed by atoms with Crippen LogP contribution in [0.1, 0.15) is 12.0 Å². The Labute approximate surface area is 158 Å². The van der Waals surface area contributed by atoms with Gasteiger partial charge in [0.2, 0.25) is 0 Å². The molecule has 3 N–H and O–H groups in total. The fourth-order valence-electron chi connectivity index (χ4n) is 2.11. The number of hydrogen-bond acceptors (Lipinski definition) is 4. The Kier molecular flexibility index (Phi) is 7.01. The van der Waals surface area contributed by atoms with Crippen LogP contribution >= 0.6 is 24.4 Å². The number of hydrogen-bond donors (Lipinski definition) is 3. The Morgan fingerprint density at radius 2 is 1.64 bits per heavy atom. The summed E-state index contributed by atoms with van der Waals surface area (Å²) in [5.41, 5.74) is 1.81. The summed E-state index contributed by atoms with van der Waals surface area (Å²) in [5, 5.41) is 6.42. The van der Waals surface area contributed by atoms with Crippen LogP contribution < -0.4 is 10.6 Å². The van der Waals surface area contributed by atoms with E-state index in [-0.39, 0.29) is 4.90 Å². The molecule has 0 aliphatic heterocycles. The maximum atomic E-state index is 11.0. The van der Waals surface area contributed by atoms with E-state index in [1.165, 1.54) is 29.8 Å². The van der Waals surface area contributed by atoms with Crippen LogP contribution in [0, 0.1) is 0 Å². The van der Waals surface area contributed by atoms with E-state index in [9.17, 15) is 8.42 Å². The molecule has 0 radical (unpaired) electrons. The van der Waals surface area contributed by atoms with E-state index in [1.54, 1.807) is 0 Å². The van der Waals surface area contributed by atoms with Crippen molar-refractivity contribution in [2.75, 3.05) is 11.9 Å². The smallest absolute Gasteiger partial charge is 0.294 e. The van der Waals surface area contributed by atoms with Crippen LogP contribution in [0.5, 0.6) is 0 Å². The van der Waals surface area contributed by atoms with Gasteiger partial charge in [-0.3, -0.25) is 4.55 Å². The van der Waals surface area contributed by atoms with Gasteiger partial charge in [-0.25, -0.2) is 0 Å². The Morgan fingerprint density at radius 1 is 1.00 bits per heavy atom. The molecule has 0 bridgehead atoms. The van der Waals surface area contributed by atoms with Gasteiger partial charge in [0.05, 0.1) is 4.90 Å². The maximum Gasteiger partial charge on any atom is 0.294 e. The molecular formula is C17H18N2O3S3. The third-order valence-electron chi connectivity index (χ3n) is 3.34. The van der Waals surface area contributed by atoms with E-state index < -0.39 is 10.1 Å². The summed E-state index contributed by atoms with van der Waals surface area (Å²) in [7, 11) is -4.19. The number of anilines is 1. The molecular weight excluding hydrogens is 376 g/mol. The fraction of sp³-hybridized carbons (Fsp3) is 0.176. The van der Waals surface area contributed by atoms with Gasteiger partial charge in [-0.15, -0.1) is 0 Å². The van der Waals surface area contributed by atoms with Crippen LogP contribution in [0.25, 0.3) is 0 Å². The highest BCUT2D eigenvalue weighted by molar-refractivity contribution is 7.85. The van der Waals surface area contributed by atoms with Crippen LogP contribution in [0.15, 0.2) is 59.5 Å². The van der Waals surface area contributed by atoms with Crippen molar-refractivity contribution < 1.29 is 13.0 Å². The van der Waals surface area contributed by atoms with Gasteiger partial charge in [-0.1, -0.05) is 42.5 Å². The van der Waals surface area contributed by atoms with Gasteiger partial charge in [0, 0.05) is 18.7 Å². The van der Waals surface area contributed by atoms with Gasteiger partial charge in [0.25, 0.3) is 10.1 Å². The van der Waals surface area contributed by atoms with Gasteiger partial charge in [-0.05, 0) is 53.3 Å². The van der Waals surface area contributed by atoms with Crippen molar-refractivity contribution in [3.63, 3.8) is 0 Å². The molecule has 0 aliphatic rings. The number of thiocarbonyl (C=S) groups is 2. The summed E-state index contributed by atoms with van der Waals surface area (Å²) in [6, 6.07) is 15.7. The molecule has 0 unspecified atom stereocenters. The average molecular weight is 395 g/mol. The minimum atomic E-state index is -4.19. The van der Waals surface area contributed by atoms with Crippen molar-refractivity contribution in [2.45, 2.75) is 17.7 Å². The predicted molar refractivity (Wildman–Crippen MR) is 108 cm³/mol. The maximum absolute atomic E-state index is 11.0. The molecule has 0 heterocycles. The van der Waals surface area contributed by atoms with Crippen LogP contribution in [0.3, 0.4) is 0 Å². The first-order valence-corrected chi connectivity index (χ1v) is 9.78. The Balaban J connectivity index is 1.74. The van der Waals surface area contributed by atoms with Gasteiger partial charge < -0.3 is 10.6 Å². The molecule has 0 aromatic heterocycles. The summed E-state index contributed by atoms with van der Waals surface area (Å²) in [4.78, 5) is 0.780.